The van der Waals surface area contributed by atoms with E-state index in [-0.39, 0.29) is 5.56 Å². The van der Waals surface area contributed by atoms with Crippen molar-refractivity contribution in [2.75, 3.05) is 0 Å². The maximum Gasteiger partial charge on any atom is 0.275 e. The van der Waals surface area contributed by atoms with Crippen molar-refractivity contribution in [2.45, 2.75) is 0 Å². The highest BCUT2D eigenvalue weighted by molar-refractivity contribution is 6.08. The summed E-state index contributed by atoms with van der Waals surface area (Å²) >= 11 is 0. The summed E-state index contributed by atoms with van der Waals surface area (Å²) < 4.78 is 28.2. The van der Waals surface area contributed by atoms with Crippen LogP contribution in [0.1, 0.15) is 15.9 Å². The van der Waals surface area contributed by atoms with Gasteiger partial charge in [-0.1, -0.05) is 18.2 Å². The number of carbonyl (C=O) groups excluding carboxylic acids is 1. The molecule has 0 atom stereocenters. The first-order valence-electron chi connectivity index (χ1n) is 6.43. The van der Waals surface area contributed by atoms with Crippen molar-refractivity contribution in [3.8, 4) is 5.69 Å². The molecule has 6 heteroatoms. The number of carbonyl (C=O) groups is 1. The topological polar surface area (TPSA) is 54.9 Å². The normalized spacial score (nSPS) is 10.6. The zero-order valence-electron chi connectivity index (χ0n) is 11.2. The molecule has 0 aliphatic carbocycles. The molecule has 3 rings (SSSR count). The van der Waals surface area contributed by atoms with Crippen molar-refractivity contribution in [1.82, 2.24) is 9.78 Å². The molecule has 0 aliphatic heterocycles. The summed E-state index contributed by atoms with van der Waals surface area (Å²) in [4.78, 5) is 24.2. The fourth-order valence-corrected chi connectivity index (χ4v) is 2.10. The zero-order chi connectivity index (χ0) is 15.7. The van der Waals surface area contributed by atoms with Gasteiger partial charge in [0, 0.05) is 6.20 Å². The second-order valence-corrected chi connectivity index (χ2v) is 4.64. The fourth-order valence-electron chi connectivity index (χ4n) is 2.10. The van der Waals surface area contributed by atoms with Crippen LogP contribution in [0.5, 0.6) is 0 Å². The van der Waals surface area contributed by atoms with Crippen molar-refractivity contribution in [2.24, 2.45) is 0 Å². The van der Waals surface area contributed by atoms with Crippen LogP contribution in [0.3, 0.4) is 0 Å². The molecule has 0 radical (unpaired) electrons. The first-order valence-corrected chi connectivity index (χ1v) is 6.43. The van der Waals surface area contributed by atoms with E-state index in [2.05, 4.69) is 5.10 Å². The largest absolute Gasteiger partial charge is 0.288 e. The van der Waals surface area contributed by atoms with Crippen LogP contribution in [0.25, 0.3) is 5.69 Å². The van der Waals surface area contributed by atoms with Crippen LogP contribution >= 0.6 is 0 Å². The molecule has 3 aromatic rings. The first kappa shape index (κ1) is 13.9. The third-order valence-electron chi connectivity index (χ3n) is 3.18. The third kappa shape index (κ3) is 2.46. The molecule has 0 spiro atoms. The van der Waals surface area contributed by atoms with Gasteiger partial charge in [-0.2, -0.15) is 0 Å². The number of hydrogen-bond donors (Lipinski definition) is 1. The Hall–Kier alpha value is -3.02. The lowest BCUT2D eigenvalue weighted by molar-refractivity contribution is 0.103. The summed E-state index contributed by atoms with van der Waals surface area (Å²) in [5.41, 5.74) is -0.763. The number of halogens is 2. The summed E-state index contributed by atoms with van der Waals surface area (Å²) in [6, 6.07) is 11.3. The lowest BCUT2D eigenvalue weighted by Crippen LogP contribution is -2.14. The van der Waals surface area contributed by atoms with Gasteiger partial charge in [0.2, 0.25) is 5.78 Å². The Morgan fingerprint density at radius 2 is 1.73 bits per heavy atom. The van der Waals surface area contributed by atoms with Crippen LogP contribution in [0.15, 0.2) is 59.5 Å². The number of nitrogens with one attached hydrogen (secondary N) is 1. The number of H-pyrrole nitrogens is 1. The minimum atomic E-state index is -0.877. The lowest BCUT2D eigenvalue weighted by atomic mass is 10.1. The molecule has 110 valence electrons. The highest BCUT2D eigenvalue weighted by Gasteiger charge is 2.20. The Morgan fingerprint density at radius 1 is 1.00 bits per heavy atom. The van der Waals surface area contributed by atoms with Crippen LogP contribution in [0.2, 0.25) is 0 Å². The van der Waals surface area contributed by atoms with Gasteiger partial charge in [-0.25, -0.2) is 8.78 Å². The summed E-state index contributed by atoms with van der Waals surface area (Å²) in [5, 5.41) is 2.47. The minimum absolute atomic E-state index is 0.256. The van der Waals surface area contributed by atoms with Crippen LogP contribution in [0, 0.1) is 11.6 Å². The van der Waals surface area contributed by atoms with E-state index in [1.807, 2.05) is 0 Å². The van der Waals surface area contributed by atoms with Crippen molar-refractivity contribution in [3.63, 3.8) is 0 Å². The number of nitrogens with zero attached hydrogens (tertiary/aromatic N) is 1. The van der Waals surface area contributed by atoms with Gasteiger partial charge >= 0.3 is 0 Å². The first-order chi connectivity index (χ1) is 10.6. The maximum absolute atomic E-state index is 13.7. The summed E-state index contributed by atoms with van der Waals surface area (Å²) in [6.45, 7) is 0. The molecule has 2 aromatic carbocycles. The average Bonchev–Trinajstić information content (AvgIpc) is 2.92. The van der Waals surface area contributed by atoms with E-state index in [1.165, 1.54) is 10.9 Å². The predicted molar refractivity (Wildman–Crippen MR) is 76.2 cm³/mol. The Balaban J connectivity index is 2.06. The summed E-state index contributed by atoms with van der Waals surface area (Å²) in [6.07, 6.45) is 1.27. The van der Waals surface area contributed by atoms with Gasteiger partial charge < -0.3 is 0 Å². The Kier molecular flexibility index (Phi) is 3.42. The molecule has 0 bridgehead atoms. The highest BCUT2D eigenvalue weighted by Crippen LogP contribution is 2.14. The number of rotatable bonds is 3. The van der Waals surface area contributed by atoms with Gasteiger partial charge in [0.1, 0.15) is 17.2 Å². The van der Waals surface area contributed by atoms with E-state index in [4.69, 9.17) is 0 Å². The molecule has 4 nitrogen and oxygen atoms in total. The molecule has 1 heterocycles. The van der Waals surface area contributed by atoms with E-state index in [0.29, 0.717) is 5.69 Å². The number of aromatic amines is 1. The summed E-state index contributed by atoms with van der Waals surface area (Å²) in [5.74, 6) is -2.49. The molecule has 0 unspecified atom stereocenters. The standard InChI is InChI=1S/C16H10F2N2O2/c17-10-6-7-14(18)12(8-10)15(21)13-9-20(19-16(13)22)11-4-2-1-3-5-11/h1-9H,(H,19,22). The predicted octanol–water partition coefficient (Wildman–Crippen LogP) is 2.67. The number of ketones is 1. The van der Waals surface area contributed by atoms with Crippen LogP contribution in [-0.2, 0) is 0 Å². The molecule has 0 fully saturated rings. The van der Waals surface area contributed by atoms with Gasteiger partial charge in [-0.3, -0.25) is 19.4 Å². The van der Waals surface area contributed by atoms with Gasteiger partial charge in [0.25, 0.3) is 5.56 Å². The molecule has 0 saturated heterocycles. The van der Waals surface area contributed by atoms with Gasteiger partial charge in [-0.05, 0) is 30.3 Å². The molecule has 1 aromatic heterocycles. The molecule has 1 N–H and O–H groups in total. The van der Waals surface area contributed by atoms with Crippen molar-refractivity contribution < 1.29 is 13.6 Å². The van der Waals surface area contributed by atoms with Gasteiger partial charge in [0.15, 0.2) is 0 Å². The Bertz CT molecular complexity index is 898. The fraction of sp³-hybridized carbons (Fsp3) is 0. The number of benzene rings is 2. The van der Waals surface area contributed by atoms with E-state index in [9.17, 15) is 18.4 Å². The summed E-state index contributed by atoms with van der Waals surface area (Å²) in [7, 11) is 0. The highest BCUT2D eigenvalue weighted by atomic mass is 19.1. The van der Waals surface area contributed by atoms with E-state index in [1.54, 1.807) is 30.3 Å². The monoisotopic (exact) mass is 300 g/mol. The Morgan fingerprint density at radius 3 is 2.45 bits per heavy atom. The second kappa shape index (κ2) is 5.40. The number of aromatic nitrogens is 2. The second-order valence-electron chi connectivity index (χ2n) is 4.64. The SMILES string of the molecule is O=C(c1cc(F)ccc1F)c1cn(-c2ccccc2)[nH]c1=O. The minimum Gasteiger partial charge on any atom is -0.288 e. The van der Waals surface area contributed by atoms with Crippen LogP contribution < -0.4 is 5.56 Å². The van der Waals surface area contributed by atoms with Crippen LogP contribution in [0.4, 0.5) is 8.78 Å². The number of hydrogen-bond acceptors (Lipinski definition) is 2. The van der Waals surface area contributed by atoms with Crippen molar-refractivity contribution >= 4 is 5.78 Å². The quantitative estimate of drug-likeness (QED) is 0.756. The smallest absolute Gasteiger partial charge is 0.275 e. The van der Waals surface area contributed by atoms with Crippen LogP contribution in [-0.4, -0.2) is 15.6 Å². The lowest BCUT2D eigenvalue weighted by Gasteiger charge is -2.01. The molecule has 0 amide bonds. The maximum atomic E-state index is 13.7. The number of para-hydroxylation sites is 1. The third-order valence-corrected chi connectivity index (χ3v) is 3.18. The van der Waals surface area contributed by atoms with Crippen molar-refractivity contribution in [1.29, 1.82) is 0 Å². The molecular formula is C16H10F2N2O2. The van der Waals surface area contributed by atoms with Gasteiger partial charge in [0.05, 0.1) is 11.3 Å². The zero-order valence-corrected chi connectivity index (χ0v) is 11.2. The average molecular weight is 300 g/mol. The molecule has 22 heavy (non-hydrogen) atoms. The molecular weight excluding hydrogens is 290 g/mol. The van der Waals surface area contributed by atoms with Gasteiger partial charge in [-0.15, -0.1) is 0 Å². The van der Waals surface area contributed by atoms with E-state index in [0.717, 1.165) is 18.2 Å². The Labute approximate surface area is 123 Å². The molecule has 0 saturated carbocycles. The van der Waals surface area contributed by atoms with E-state index >= 15 is 0 Å². The van der Waals surface area contributed by atoms with E-state index < -0.39 is 28.5 Å². The van der Waals surface area contributed by atoms with Crippen molar-refractivity contribution in [3.05, 3.63) is 87.8 Å². The molecule has 0 aliphatic rings.